The van der Waals surface area contributed by atoms with Crippen LogP contribution >= 0.6 is 0 Å². The number of unbranched alkanes of at least 4 members (excludes halogenated alkanes) is 1. The molecule has 5 nitrogen and oxygen atoms in total. The Kier molecular flexibility index (Phi) is 6.43. The van der Waals surface area contributed by atoms with Gasteiger partial charge in [0.05, 0.1) is 0 Å². The van der Waals surface area contributed by atoms with Crippen molar-refractivity contribution in [3.63, 3.8) is 0 Å². The van der Waals surface area contributed by atoms with Crippen LogP contribution in [0.3, 0.4) is 0 Å². The summed E-state index contributed by atoms with van der Waals surface area (Å²) in [5, 5.41) is 0. The third-order valence-electron chi connectivity index (χ3n) is 3.30. The fourth-order valence-electron chi connectivity index (χ4n) is 2.35. The van der Waals surface area contributed by atoms with Crippen molar-refractivity contribution in [2.75, 3.05) is 13.1 Å². The molecule has 1 aliphatic rings. The second-order valence-corrected chi connectivity index (χ2v) is 4.65. The predicted octanol–water partition coefficient (Wildman–Crippen LogP) is 0.831. The fourth-order valence-corrected chi connectivity index (χ4v) is 2.35. The number of guanidine groups is 1. The number of amides is 1. The third-order valence-corrected chi connectivity index (χ3v) is 3.30. The van der Waals surface area contributed by atoms with Gasteiger partial charge >= 0.3 is 0 Å². The highest BCUT2D eigenvalue weighted by atomic mass is 16.1. The number of aliphatic imine (C=N–C) groups is 1. The van der Waals surface area contributed by atoms with Crippen LogP contribution in [0.1, 0.15) is 44.9 Å². The molecule has 0 radical (unpaired) electrons. The normalized spacial score (nSPS) is 16.5. The second kappa shape index (κ2) is 7.92. The first-order valence-electron chi connectivity index (χ1n) is 6.50. The summed E-state index contributed by atoms with van der Waals surface area (Å²) in [5.74, 6) is 0.143. The first-order chi connectivity index (χ1) is 8.24. The monoisotopic (exact) mass is 240 g/mol. The van der Waals surface area contributed by atoms with E-state index in [1.54, 1.807) is 0 Å². The zero-order valence-electron chi connectivity index (χ0n) is 10.5. The lowest BCUT2D eigenvalue weighted by Gasteiger charge is -2.31. The number of nitrogens with zero attached hydrogens (tertiary/aromatic N) is 2. The van der Waals surface area contributed by atoms with Gasteiger partial charge in [-0.05, 0) is 25.7 Å². The molecule has 1 amide bonds. The molecule has 0 unspecified atom stereocenters. The fraction of sp³-hybridized carbons (Fsp3) is 0.833. The Balaban J connectivity index is 2.18. The largest absolute Gasteiger partial charge is 0.370 e. The molecule has 4 N–H and O–H groups in total. The minimum absolute atomic E-state index is 0.143. The van der Waals surface area contributed by atoms with E-state index in [9.17, 15) is 4.79 Å². The molecule has 1 aliphatic carbocycles. The molecule has 1 fully saturated rings. The molecule has 0 saturated heterocycles. The summed E-state index contributed by atoms with van der Waals surface area (Å²) in [6, 6.07) is 0.462. The average Bonchev–Trinajstić information content (AvgIpc) is 2.34. The molecule has 0 atom stereocenters. The molecular weight excluding hydrogens is 216 g/mol. The van der Waals surface area contributed by atoms with Crippen LogP contribution in [-0.2, 0) is 4.79 Å². The van der Waals surface area contributed by atoms with Crippen LogP contribution in [-0.4, -0.2) is 36.4 Å². The van der Waals surface area contributed by atoms with E-state index in [1.807, 2.05) is 4.90 Å². The number of rotatable bonds is 7. The van der Waals surface area contributed by atoms with Gasteiger partial charge < -0.3 is 16.4 Å². The Morgan fingerprint density at radius 3 is 2.53 bits per heavy atom. The van der Waals surface area contributed by atoms with E-state index in [-0.39, 0.29) is 5.96 Å². The summed E-state index contributed by atoms with van der Waals surface area (Å²) in [5.41, 5.74) is 10.5. The molecule has 98 valence electrons. The Morgan fingerprint density at radius 1 is 1.24 bits per heavy atom. The number of nitrogens with two attached hydrogens (primary N) is 2. The van der Waals surface area contributed by atoms with E-state index in [1.165, 1.54) is 19.3 Å². The van der Waals surface area contributed by atoms with E-state index < -0.39 is 0 Å². The van der Waals surface area contributed by atoms with Crippen molar-refractivity contribution in [3.05, 3.63) is 0 Å². The van der Waals surface area contributed by atoms with Crippen LogP contribution in [0.4, 0.5) is 0 Å². The van der Waals surface area contributed by atoms with Gasteiger partial charge in [-0.1, -0.05) is 19.3 Å². The molecule has 1 rings (SSSR count). The Hall–Kier alpha value is -1.26. The van der Waals surface area contributed by atoms with Crippen molar-refractivity contribution < 1.29 is 4.79 Å². The Morgan fingerprint density at radius 2 is 1.94 bits per heavy atom. The zero-order valence-corrected chi connectivity index (χ0v) is 10.5. The highest BCUT2D eigenvalue weighted by Crippen LogP contribution is 2.21. The summed E-state index contributed by atoms with van der Waals surface area (Å²) in [6.07, 6.45) is 9.02. The summed E-state index contributed by atoms with van der Waals surface area (Å²) in [7, 11) is 0. The molecule has 0 aromatic heterocycles. The number of hydrogen-bond donors (Lipinski definition) is 2. The van der Waals surface area contributed by atoms with Crippen molar-refractivity contribution in [1.29, 1.82) is 0 Å². The number of carbonyl (C=O) groups is 1. The van der Waals surface area contributed by atoms with Gasteiger partial charge in [-0.25, -0.2) is 0 Å². The van der Waals surface area contributed by atoms with Gasteiger partial charge in [0, 0.05) is 19.1 Å². The minimum atomic E-state index is 0.143. The predicted molar refractivity (Wildman–Crippen MR) is 69.6 cm³/mol. The first-order valence-corrected chi connectivity index (χ1v) is 6.50. The van der Waals surface area contributed by atoms with Crippen LogP contribution in [0.15, 0.2) is 4.99 Å². The van der Waals surface area contributed by atoms with Crippen molar-refractivity contribution >= 4 is 12.4 Å². The van der Waals surface area contributed by atoms with Crippen molar-refractivity contribution in [1.82, 2.24) is 4.90 Å². The maximum absolute atomic E-state index is 11.0. The summed E-state index contributed by atoms with van der Waals surface area (Å²) in [4.78, 5) is 16.9. The molecule has 0 heterocycles. The van der Waals surface area contributed by atoms with Gasteiger partial charge in [0.1, 0.15) is 0 Å². The van der Waals surface area contributed by atoms with Crippen molar-refractivity contribution in [3.8, 4) is 0 Å². The highest BCUT2D eigenvalue weighted by Gasteiger charge is 2.18. The highest BCUT2D eigenvalue weighted by molar-refractivity contribution is 5.75. The smallest absolute Gasteiger partial charge is 0.209 e. The molecule has 17 heavy (non-hydrogen) atoms. The summed E-state index contributed by atoms with van der Waals surface area (Å²) in [6.45, 7) is 1.48. The average molecular weight is 240 g/mol. The zero-order chi connectivity index (χ0) is 12.5. The van der Waals surface area contributed by atoms with Crippen molar-refractivity contribution in [2.45, 2.75) is 51.0 Å². The van der Waals surface area contributed by atoms with E-state index in [0.717, 1.165) is 38.6 Å². The van der Waals surface area contributed by atoms with Crippen LogP contribution in [0.2, 0.25) is 0 Å². The topological polar surface area (TPSA) is 84.7 Å². The number of carbonyl (C=O) groups excluding carboxylic acids is 1. The third kappa shape index (κ3) is 5.56. The SMILES string of the molecule is NC(N)=NCCCCN(C=O)C1CCCCC1. The second-order valence-electron chi connectivity index (χ2n) is 4.65. The molecule has 0 aromatic rings. The van der Waals surface area contributed by atoms with Crippen LogP contribution in [0, 0.1) is 0 Å². The maximum atomic E-state index is 11.0. The molecule has 1 saturated carbocycles. The lowest BCUT2D eigenvalue weighted by atomic mass is 9.94. The number of hydrogen-bond acceptors (Lipinski definition) is 2. The quantitative estimate of drug-likeness (QED) is 0.299. The first kappa shape index (κ1) is 13.8. The van der Waals surface area contributed by atoms with Gasteiger partial charge in [0.2, 0.25) is 6.41 Å². The standard InChI is InChI=1S/C12H24N4O/c13-12(14)15-8-4-5-9-16(10-17)11-6-2-1-3-7-11/h10-11H,1-9H2,(H4,13,14,15). The molecule has 0 spiro atoms. The Labute approximate surface area is 103 Å². The lowest BCUT2D eigenvalue weighted by molar-refractivity contribution is -0.120. The van der Waals surface area contributed by atoms with Crippen LogP contribution in [0.25, 0.3) is 0 Å². The maximum Gasteiger partial charge on any atom is 0.209 e. The Bertz CT molecular complexity index is 245. The van der Waals surface area contributed by atoms with Crippen molar-refractivity contribution in [2.24, 2.45) is 16.5 Å². The van der Waals surface area contributed by atoms with Crippen LogP contribution < -0.4 is 11.5 Å². The van der Waals surface area contributed by atoms with E-state index >= 15 is 0 Å². The van der Waals surface area contributed by atoms with E-state index in [4.69, 9.17) is 11.5 Å². The van der Waals surface area contributed by atoms with Gasteiger partial charge in [0.25, 0.3) is 0 Å². The molecule has 5 heteroatoms. The molecule has 0 aliphatic heterocycles. The lowest BCUT2D eigenvalue weighted by Crippen LogP contribution is -2.36. The minimum Gasteiger partial charge on any atom is -0.370 e. The van der Waals surface area contributed by atoms with Gasteiger partial charge in [-0.3, -0.25) is 9.79 Å². The van der Waals surface area contributed by atoms with E-state index in [2.05, 4.69) is 4.99 Å². The summed E-state index contributed by atoms with van der Waals surface area (Å²) < 4.78 is 0. The molecule has 0 bridgehead atoms. The van der Waals surface area contributed by atoms with Gasteiger partial charge in [-0.2, -0.15) is 0 Å². The molecular formula is C12H24N4O. The van der Waals surface area contributed by atoms with E-state index in [0.29, 0.717) is 12.6 Å². The molecule has 0 aromatic carbocycles. The summed E-state index contributed by atoms with van der Waals surface area (Å²) >= 11 is 0. The van der Waals surface area contributed by atoms with Gasteiger partial charge in [-0.15, -0.1) is 0 Å². The van der Waals surface area contributed by atoms with Gasteiger partial charge in [0.15, 0.2) is 5.96 Å². The van der Waals surface area contributed by atoms with Crippen LogP contribution in [0.5, 0.6) is 0 Å².